The average molecular weight is 444 g/mol. The van der Waals surface area contributed by atoms with Crippen molar-refractivity contribution in [1.82, 2.24) is 4.98 Å². The Balaban J connectivity index is 1.66. The van der Waals surface area contributed by atoms with E-state index >= 15 is 0 Å². The summed E-state index contributed by atoms with van der Waals surface area (Å²) in [6, 6.07) is 11.7. The molecule has 4 rings (SSSR count). The van der Waals surface area contributed by atoms with E-state index < -0.39 is 40.5 Å². The second-order valence-corrected chi connectivity index (χ2v) is 6.87. The van der Waals surface area contributed by atoms with Gasteiger partial charge < -0.3 is 14.5 Å². The highest BCUT2D eigenvalue weighted by Gasteiger charge is 2.30. The fourth-order valence-corrected chi connectivity index (χ4v) is 3.23. The lowest BCUT2D eigenvalue weighted by molar-refractivity contribution is 0.101. The van der Waals surface area contributed by atoms with Crippen molar-refractivity contribution in [2.45, 2.75) is 13.3 Å². The average Bonchev–Trinajstić information content (AvgIpc) is 3.22. The Labute approximate surface area is 179 Å². The maximum atomic E-state index is 14.2. The van der Waals surface area contributed by atoms with Crippen molar-refractivity contribution in [2.24, 2.45) is 0 Å². The van der Waals surface area contributed by atoms with Crippen molar-refractivity contribution in [3.05, 3.63) is 76.9 Å². The topological polar surface area (TPSA) is 64.4 Å². The number of ether oxygens (including phenoxy) is 1. The molecule has 0 aliphatic rings. The van der Waals surface area contributed by atoms with Gasteiger partial charge in [-0.3, -0.25) is 4.79 Å². The number of benzene rings is 3. The molecule has 0 saturated heterocycles. The molecule has 4 aromatic rings. The van der Waals surface area contributed by atoms with Crippen LogP contribution in [0.25, 0.3) is 22.6 Å². The minimum Gasteiger partial charge on any atom is -0.491 e. The fraction of sp³-hybridized carbons (Fsp3) is 0.130. The predicted octanol–water partition coefficient (Wildman–Crippen LogP) is 5.87. The number of aryl methyl sites for hydroxylation is 1. The van der Waals surface area contributed by atoms with Gasteiger partial charge in [0.25, 0.3) is 5.91 Å². The number of fused-ring (bicyclic) bond motifs is 1. The van der Waals surface area contributed by atoms with E-state index in [4.69, 9.17) is 4.42 Å². The first-order valence-electron chi connectivity index (χ1n) is 9.55. The molecule has 164 valence electrons. The predicted molar refractivity (Wildman–Crippen MR) is 110 cm³/mol. The first-order chi connectivity index (χ1) is 15.3. The van der Waals surface area contributed by atoms with Gasteiger partial charge in [0.05, 0.1) is 7.11 Å². The number of hydrogen-bond acceptors (Lipinski definition) is 4. The van der Waals surface area contributed by atoms with Crippen LogP contribution in [0.3, 0.4) is 0 Å². The monoisotopic (exact) mass is 444 g/mol. The highest BCUT2D eigenvalue weighted by atomic mass is 19.2. The molecular weight excluding hydrogens is 428 g/mol. The second-order valence-electron chi connectivity index (χ2n) is 6.87. The summed E-state index contributed by atoms with van der Waals surface area (Å²) in [5.74, 6) is -9.68. The number of anilines is 1. The standard InChI is InChI=1S/C23H16F4N2O3/c1-3-11-7-8-15-14(9-11)29-23(32-15)12-5-4-6-13(10-12)28-22(30)16-17(24)19(26)21(31-2)20(27)18(16)25/h4-10H,3H2,1-2H3,(H,28,30). The third-order valence-electron chi connectivity index (χ3n) is 4.88. The third kappa shape index (κ3) is 3.66. The van der Waals surface area contributed by atoms with Gasteiger partial charge in [-0.2, -0.15) is 8.78 Å². The maximum absolute atomic E-state index is 14.2. The number of halogens is 4. The summed E-state index contributed by atoms with van der Waals surface area (Å²) in [5, 5.41) is 2.23. The van der Waals surface area contributed by atoms with E-state index in [1.54, 1.807) is 18.2 Å². The molecule has 3 aromatic carbocycles. The molecule has 0 unspecified atom stereocenters. The van der Waals surface area contributed by atoms with Crippen molar-refractivity contribution in [1.29, 1.82) is 0 Å². The first-order valence-corrected chi connectivity index (χ1v) is 9.55. The summed E-state index contributed by atoms with van der Waals surface area (Å²) in [5.41, 5.74) is 1.49. The summed E-state index contributed by atoms with van der Waals surface area (Å²) >= 11 is 0. The van der Waals surface area contributed by atoms with Crippen LogP contribution in [0.2, 0.25) is 0 Å². The molecule has 0 radical (unpaired) electrons. The summed E-state index contributed by atoms with van der Waals surface area (Å²) in [6.45, 7) is 2.01. The van der Waals surface area contributed by atoms with Crippen LogP contribution in [0.5, 0.6) is 5.75 Å². The molecule has 1 N–H and O–H groups in total. The number of hydrogen-bond donors (Lipinski definition) is 1. The quantitative estimate of drug-likeness (QED) is 0.309. The molecular formula is C23H16F4N2O3. The number of rotatable bonds is 5. The summed E-state index contributed by atoms with van der Waals surface area (Å²) < 4.78 is 66.4. The third-order valence-corrected chi connectivity index (χ3v) is 4.88. The molecule has 0 aliphatic carbocycles. The van der Waals surface area contributed by atoms with Gasteiger partial charge in [0.15, 0.2) is 23.0 Å². The molecule has 1 aromatic heterocycles. The summed E-state index contributed by atoms with van der Waals surface area (Å²) in [6.07, 6.45) is 0.833. The molecule has 0 fully saturated rings. The Morgan fingerprint density at radius 3 is 2.41 bits per heavy atom. The Kier molecular flexibility index (Phi) is 5.56. The van der Waals surface area contributed by atoms with Crippen molar-refractivity contribution in [2.75, 3.05) is 12.4 Å². The Morgan fingerprint density at radius 1 is 1.03 bits per heavy atom. The molecule has 0 atom stereocenters. The number of aromatic nitrogens is 1. The molecule has 0 saturated carbocycles. The summed E-state index contributed by atoms with van der Waals surface area (Å²) in [7, 11) is 0.848. The fourth-order valence-electron chi connectivity index (χ4n) is 3.23. The van der Waals surface area contributed by atoms with Crippen LogP contribution >= 0.6 is 0 Å². The van der Waals surface area contributed by atoms with E-state index in [1.807, 2.05) is 19.1 Å². The van der Waals surface area contributed by atoms with Crippen molar-refractivity contribution in [3.63, 3.8) is 0 Å². The Hall–Kier alpha value is -3.88. The number of amides is 1. The molecule has 0 spiro atoms. The minimum atomic E-state index is -1.86. The molecule has 9 heteroatoms. The molecule has 32 heavy (non-hydrogen) atoms. The van der Waals surface area contributed by atoms with E-state index in [1.165, 1.54) is 12.1 Å². The van der Waals surface area contributed by atoms with Crippen LogP contribution in [-0.2, 0) is 6.42 Å². The highest BCUT2D eigenvalue weighted by molar-refractivity contribution is 6.05. The number of carbonyl (C=O) groups excluding carboxylic acids is 1. The lowest BCUT2D eigenvalue weighted by atomic mass is 10.1. The number of nitrogens with zero attached hydrogens (tertiary/aromatic N) is 1. The molecule has 1 heterocycles. The van der Waals surface area contributed by atoms with Crippen LogP contribution in [0.1, 0.15) is 22.8 Å². The van der Waals surface area contributed by atoms with Crippen molar-refractivity contribution in [3.8, 4) is 17.2 Å². The number of oxazole rings is 1. The van der Waals surface area contributed by atoms with E-state index in [-0.39, 0.29) is 11.6 Å². The summed E-state index contributed by atoms with van der Waals surface area (Å²) in [4.78, 5) is 16.8. The number of carbonyl (C=O) groups is 1. The molecule has 0 bridgehead atoms. The normalized spacial score (nSPS) is 11.1. The second kappa shape index (κ2) is 8.33. The van der Waals surface area contributed by atoms with Gasteiger partial charge in [-0.25, -0.2) is 13.8 Å². The number of nitrogens with one attached hydrogen (secondary N) is 1. The molecule has 5 nitrogen and oxygen atoms in total. The van der Waals surface area contributed by atoms with Crippen molar-refractivity contribution >= 4 is 22.7 Å². The zero-order chi connectivity index (χ0) is 23.0. The largest absolute Gasteiger partial charge is 0.491 e. The van der Waals surface area contributed by atoms with Crippen LogP contribution in [0, 0.1) is 23.3 Å². The van der Waals surface area contributed by atoms with Gasteiger partial charge in [-0.1, -0.05) is 19.1 Å². The zero-order valence-electron chi connectivity index (χ0n) is 16.9. The van der Waals surface area contributed by atoms with E-state index in [0.29, 0.717) is 16.7 Å². The van der Waals surface area contributed by atoms with Gasteiger partial charge in [0.2, 0.25) is 17.5 Å². The van der Waals surface area contributed by atoms with E-state index in [0.717, 1.165) is 19.1 Å². The van der Waals surface area contributed by atoms with Crippen LogP contribution in [0.4, 0.5) is 23.2 Å². The molecule has 1 amide bonds. The smallest absolute Gasteiger partial charge is 0.261 e. The van der Waals surface area contributed by atoms with Gasteiger partial charge in [0.1, 0.15) is 11.1 Å². The maximum Gasteiger partial charge on any atom is 0.261 e. The van der Waals surface area contributed by atoms with Gasteiger partial charge >= 0.3 is 0 Å². The van der Waals surface area contributed by atoms with Crippen molar-refractivity contribution < 1.29 is 31.5 Å². The van der Waals surface area contributed by atoms with E-state index in [2.05, 4.69) is 15.0 Å². The lowest BCUT2D eigenvalue weighted by Gasteiger charge is -2.11. The van der Waals surface area contributed by atoms with Gasteiger partial charge in [-0.15, -0.1) is 0 Å². The minimum absolute atomic E-state index is 0.111. The zero-order valence-corrected chi connectivity index (χ0v) is 16.9. The number of methoxy groups -OCH3 is 1. The molecule has 0 aliphatic heterocycles. The van der Waals surface area contributed by atoms with Gasteiger partial charge in [0, 0.05) is 11.3 Å². The Morgan fingerprint density at radius 2 is 1.75 bits per heavy atom. The lowest BCUT2D eigenvalue weighted by Crippen LogP contribution is -2.18. The van der Waals surface area contributed by atoms with Crippen LogP contribution < -0.4 is 10.1 Å². The van der Waals surface area contributed by atoms with Crippen LogP contribution in [0.15, 0.2) is 46.9 Å². The first kappa shape index (κ1) is 21.4. The van der Waals surface area contributed by atoms with Crippen LogP contribution in [-0.4, -0.2) is 18.0 Å². The Bertz CT molecular complexity index is 1320. The van der Waals surface area contributed by atoms with Gasteiger partial charge in [-0.05, 0) is 42.3 Å². The van der Waals surface area contributed by atoms with E-state index in [9.17, 15) is 22.4 Å². The highest BCUT2D eigenvalue weighted by Crippen LogP contribution is 2.31. The SMILES string of the molecule is CCc1ccc2oc(-c3cccc(NC(=O)c4c(F)c(F)c(OC)c(F)c4F)c3)nc2c1.